The van der Waals surface area contributed by atoms with Crippen LogP contribution in [0.5, 0.6) is 0 Å². The Balaban J connectivity index is 2.10. The second-order valence-electron chi connectivity index (χ2n) is 9.76. The molecule has 1 unspecified atom stereocenters. The first kappa shape index (κ1) is 24.7. The Labute approximate surface area is 197 Å². The standard InChI is InChI=1S/C28H36N2O3/c1-7-29(8-2)17-18-30-24(20-13-15-22(16-14-20)28(4,5)6)23(26(32)27(30)33)25(31)21-11-9-19(3)10-12-21/h9-16,24,31H,7-8,17-18H2,1-6H3/b25-23+. The van der Waals surface area contributed by atoms with Gasteiger partial charge in [0.2, 0.25) is 0 Å². The van der Waals surface area contributed by atoms with Gasteiger partial charge in [0.1, 0.15) is 5.76 Å². The van der Waals surface area contributed by atoms with E-state index in [9.17, 15) is 14.7 Å². The number of aliphatic hydroxyl groups is 1. The van der Waals surface area contributed by atoms with Gasteiger partial charge in [0, 0.05) is 18.7 Å². The molecule has 0 bridgehead atoms. The van der Waals surface area contributed by atoms with Crippen molar-refractivity contribution in [2.75, 3.05) is 26.2 Å². The van der Waals surface area contributed by atoms with E-state index in [2.05, 4.69) is 39.5 Å². The molecule has 176 valence electrons. The summed E-state index contributed by atoms with van der Waals surface area (Å²) in [5, 5.41) is 11.2. The maximum Gasteiger partial charge on any atom is 0.295 e. The van der Waals surface area contributed by atoms with Crippen molar-refractivity contribution < 1.29 is 14.7 Å². The van der Waals surface area contributed by atoms with E-state index in [1.165, 1.54) is 5.56 Å². The van der Waals surface area contributed by atoms with Gasteiger partial charge in [0.25, 0.3) is 11.7 Å². The molecule has 1 aliphatic heterocycles. The number of nitrogens with zero attached hydrogens (tertiary/aromatic N) is 2. The fourth-order valence-corrected chi connectivity index (χ4v) is 4.28. The molecule has 33 heavy (non-hydrogen) atoms. The van der Waals surface area contributed by atoms with Crippen LogP contribution in [0.4, 0.5) is 0 Å². The first-order valence-electron chi connectivity index (χ1n) is 11.8. The maximum absolute atomic E-state index is 13.2. The summed E-state index contributed by atoms with van der Waals surface area (Å²) in [5.41, 5.74) is 3.75. The van der Waals surface area contributed by atoms with Gasteiger partial charge in [-0.1, -0.05) is 88.7 Å². The summed E-state index contributed by atoms with van der Waals surface area (Å²) < 4.78 is 0. The number of ketones is 1. The predicted molar refractivity (Wildman–Crippen MR) is 133 cm³/mol. The molecule has 1 amide bonds. The van der Waals surface area contributed by atoms with E-state index in [1.54, 1.807) is 17.0 Å². The summed E-state index contributed by atoms with van der Waals surface area (Å²) in [6, 6.07) is 14.8. The van der Waals surface area contributed by atoms with Gasteiger partial charge < -0.3 is 14.9 Å². The minimum absolute atomic E-state index is 0.00894. The molecule has 5 nitrogen and oxygen atoms in total. The van der Waals surface area contributed by atoms with Crippen molar-refractivity contribution in [3.8, 4) is 0 Å². The van der Waals surface area contributed by atoms with Crippen molar-refractivity contribution >= 4 is 17.4 Å². The Hall–Kier alpha value is -2.92. The summed E-state index contributed by atoms with van der Waals surface area (Å²) in [6.07, 6.45) is 0. The monoisotopic (exact) mass is 448 g/mol. The maximum atomic E-state index is 13.2. The molecular formula is C28H36N2O3. The fourth-order valence-electron chi connectivity index (χ4n) is 4.28. The zero-order valence-electron chi connectivity index (χ0n) is 20.7. The van der Waals surface area contributed by atoms with Gasteiger partial charge in [-0.25, -0.2) is 0 Å². The molecule has 5 heteroatoms. The minimum Gasteiger partial charge on any atom is -0.507 e. The molecule has 1 fully saturated rings. The highest BCUT2D eigenvalue weighted by Gasteiger charge is 2.46. The van der Waals surface area contributed by atoms with E-state index in [0.29, 0.717) is 18.7 Å². The number of Topliss-reactive ketones (excluding diaryl/α,β-unsaturated/α-hetero) is 1. The van der Waals surface area contributed by atoms with Crippen LogP contribution in [0.3, 0.4) is 0 Å². The summed E-state index contributed by atoms with van der Waals surface area (Å²) in [4.78, 5) is 30.1. The zero-order valence-corrected chi connectivity index (χ0v) is 20.7. The molecule has 1 atom stereocenters. The lowest BCUT2D eigenvalue weighted by molar-refractivity contribution is -0.140. The molecule has 1 aliphatic rings. The van der Waals surface area contributed by atoms with Crippen LogP contribution in [0, 0.1) is 6.92 Å². The Kier molecular flexibility index (Phi) is 7.43. The van der Waals surface area contributed by atoms with E-state index in [1.807, 2.05) is 43.3 Å². The Bertz CT molecular complexity index is 1030. The van der Waals surface area contributed by atoms with Gasteiger partial charge in [0.05, 0.1) is 11.6 Å². The van der Waals surface area contributed by atoms with Gasteiger partial charge in [-0.05, 0) is 36.6 Å². The smallest absolute Gasteiger partial charge is 0.295 e. The average Bonchev–Trinajstić information content (AvgIpc) is 3.04. The second kappa shape index (κ2) is 9.92. The molecule has 2 aromatic carbocycles. The van der Waals surface area contributed by atoms with Crippen LogP contribution in [0.1, 0.15) is 62.9 Å². The quantitative estimate of drug-likeness (QED) is 0.366. The molecular weight excluding hydrogens is 412 g/mol. The number of hydrogen-bond donors (Lipinski definition) is 1. The second-order valence-corrected chi connectivity index (χ2v) is 9.76. The number of amides is 1. The summed E-state index contributed by atoms with van der Waals surface area (Å²) >= 11 is 0. The number of aryl methyl sites for hydroxylation is 1. The SMILES string of the molecule is CCN(CC)CCN1C(=O)C(=O)/C(=C(/O)c2ccc(C)cc2)C1c1ccc(C(C)(C)C)cc1. The van der Waals surface area contributed by atoms with E-state index in [4.69, 9.17) is 0 Å². The van der Waals surface area contributed by atoms with Crippen LogP contribution in [0.15, 0.2) is 54.1 Å². The highest BCUT2D eigenvalue weighted by atomic mass is 16.3. The lowest BCUT2D eigenvalue weighted by atomic mass is 9.85. The minimum atomic E-state index is -0.627. The highest BCUT2D eigenvalue weighted by Crippen LogP contribution is 2.39. The molecule has 1 heterocycles. The van der Waals surface area contributed by atoms with Crippen LogP contribution in [-0.4, -0.2) is 52.8 Å². The lowest BCUT2D eigenvalue weighted by Crippen LogP contribution is -2.38. The molecule has 0 saturated carbocycles. The van der Waals surface area contributed by atoms with Crippen molar-refractivity contribution in [2.45, 2.75) is 53.0 Å². The molecule has 0 aliphatic carbocycles. The normalized spacial score (nSPS) is 18.4. The van der Waals surface area contributed by atoms with Crippen LogP contribution < -0.4 is 0 Å². The van der Waals surface area contributed by atoms with Crippen molar-refractivity contribution in [3.63, 3.8) is 0 Å². The summed E-state index contributed by atoms with van der Waals surface area (Å²) in [6.45, 7) is 15.4. The number of likely N-dealkylation sites (N-methyl/N-ethyl adjacent to an activating group) is 1. The van der Waals surface area contributed by atoms with Gasteiger partial charge in [-0.15, -0.1) is 0 Å². The van der Waals surface area contributed by atoms with Crippen molar-refractivity contribution in [1.29, 1.82) is 0 Å². The van der Waals surface area contributed by atoms with E-state index < -0.39 is 17.7 Å². The topological polar surface area (TPSA) is 60.9 Å². The number of carbonyl (C=O) groups is 2. The molecule has 2 aromatic rings. The van der Waals surface area contributed by atoms with Crippen LogP contribution in [0.2, 0.25) is 0 Å². The van der Waals surface area contributed by atoms with Gasteiger partial charge in [-0.2, -0.15) is 0 Å². The molecule has 1 N–H and O–H groups in total. The largest absolute Gasteiger partial charge is 0.507 e. The van der Waals surface area contributed by atoms with Crippen molar-refractivity contribution in [2.24, 2.45) is 0 Å². The number of likely N-dealkylation sites (tertiary alicyclic amines) is 1. The molecule has 3 rings (SSSR count). The van der Waals surface area contributed by atoms with Crippen LogP contribution in [0.25, 0.3) is 5.76 Å². The third-order valence-corrected chi connectivity index (χ3v) is 6.51. The molecule has 0 aromatic heterocycles. The van der Waals surface area contributed by atoms with Gasteiger partial charge in [0.15, 0.2) is 0 Å². The van der Waals surface area contributed by atoms with Crippen LogP contribution in [-0.2, 0) is 15.0 Å². The van der Waals surface area contributed by atoms with Gasteiger partial charge in [-0.3, -0.25) is 9.59 Å². The number of aliphatic hydroxyl groups excluding tert-OH is 1. The number of carbonyl (C=O) groups excluding carboxylic acids is 2. The summed E-state index contributed by atoms with van der Waals surface area (Å²) in [5.74, 6) is -1.30. The number of hydrogen-bond acceptors (Lipinski definition) is 4. The van der Waals surface area contributed by atoms with Crippen molar-refractivity contribution in [3.05, 3.63) is 76.4 Å². The molecule has 0 spiro atoms. The highest BCUT2D eigenvalue weighted by molar-refractivity contribution is 6.46. The first-order chi connectivity index (χ1) is 15.6. The van der Waals surface area contributed by atoms with E-state index >= 15 is 0 Å². The number of rotatable bonds is 7. The first-order valence-corrected chi connectivity index (χ1v) is 11.8. The van der Waals surface area contributed by atoms with Gasteiger partial charge >= 0.3 is 0 Å². The van der Waals surface area contributed by atoms with E-state index in [0.717, 1.165) is 24.2 Å². The Morgan fingerprint density at radius 1 is 0.970 bits per heavy atom. The lowest BCUT2D eigenvalue weighted by Gasteiger charge is -2.28. The predicted octanol–water partition coefficient (Wildman–Crippen LogP) is 5.06. The zero-order chi connectivity index (χ0) is 24.3. The molecule has 1 saturated heterocycles. The fraction of sp³-hybridized carbons (Fsp3) is 0.429. The number of benzene rings is 2. The van der Waals surface area contributed by atoms with Crippen LogP contribution >= 0.6 is 0 Å². The Morgan fingerprint density at radius 2 is 1.55 bits per heavy atom. The third-order valence-electron chi connectivity index (χ3n) is 6.51. The Morgan fingerprint density at radius 3 is 2.06 bits per heavy atom. The summed E-state index contributed by atoms with van der Waals surface area (Å²) in [7, 11) is 0. The average molecular weight is 449 g/mol. The molecule has 0 radical (unpaired) electrons. The van der Waals surface area contributed by atoms with E-state index in [-0.39, 0.29) is 16.7 Å². The third kappa shape index (κ3) is 5.19. The van der Waals surface area contributed by atoms with Crippen molar-refractivity contribution in [1.82, 2.24) is 9.80 Å².